The highest BCUT2D eigenvalue weighted by molar-refractivity contribution is 6.15. The largest absolute Gasteiger partial charge is 0.309 e. The Balaban J connectivity index is 1.18. The molecular formula is C56H38N2. The number of hydrogen-bond acceptors (Lipinski definition) is 1. The van der Waals surface area contributed by atoms with Crippen LogP contribution in [0.4, 0.5) is 17.1 Å². The zero-order chi connectivity index (χ0) is 38.4. The second-order valence-corrected chi connectivity index (χ2v) is 14.9. The van der Waals surface area contributed by atoms with Gasteiger partial charge < -0.3 is 9.47 Å². The molecule has 11 aromatic rings. The van der Waals surface area contributed by atoms with Crippen molar-refractivity contribution >= 4 is 60.4 Å². The van der Waals surface area contributed by atoms with Gasteiger partial charge in [-0.25, -0.2) is 0 Å². The minimum Gasteiger partial charge on any atom is -0.309 e. The summed E-state index contributed by atoms with van der Waals surface area (Å²) in [6.07, 6.45) is 0. The van der Waals surface area contributed by atoms with Crippen LogP contribution in [0.25, 0.3) is 82.4 Å². The van der Waals surface area contributed by atoms with Crippen LogP contribution in [0.2, 0.25) is 0 Å². The van der Waals surface area contributed by atoms with Gasteiger partial charge in [-0.2, -0.15) is 0 Å². The number of para-hydroxylation sites is 3. The Bertz CT molecular complexity index is 3270. The van der Waals surface area contributed by atoms with Gasteiger partial charge in [-0.3, -0.25) is 0 Å². The second kappa shape index (κ2) is 14.1. The van der Waals surface area contributed by atoms with Crippen LogP contribution in [0.3, 0.4) is 0 Å². The van der Waals surface area contributed by atoms with Crippen molar-refractivity contribution in [2.75, 3.05) is 4.90 Å². The lowest BCUT2D eigenvalue weighted by molar-refractivity contribution is 1.18. The summed E-state index contributed by atoms with van der Waals surface area (Å²) in [6.45, 7) is 0. The van der Waals surface area contributed by atoms with E-state index in [2.05, 4.69) is 240 Å². The molecule has 2 heteroatoms. The fourth-order valence-electron chi connectivity index (χ4n) is 8.92. The van der Waals surface area contributed by atoms with Crippen molar-refractivity contribution in [3.05, 3.63) is 231 Å². The van der Waals surface area contributed by atoms with Crippen molar-refractivity contribution < 1.29 is 0 Å². The maximum absolute atomic E-state index is 2.47. The number of nitrogens with zero attached hydrogens (tertiary/aromatic N) is 2. The minimum atomic E-state index is 1.08. The molecule has 2 nitrogen and oxygen atoms in total. The lowest BCUT2D eigenvalue weighted by atomic mass is 9.92. The van der Waals surface area contributed by atoms with E-state index >= 15 is 0 Å². The van der Waals surface area contributed by atoms with Crippen LogP contribution in [-0.2, 0) is 0 Å². The number of anilines is 3. The second-order valence-electron chi connectivity index (χ2n) is 14.9. The lowest BCUT2D eigenvalue weighted by Gasteiger charge is -2.30. The van der Waals surface area contributed by atoms with Crippen molar-refractivity contribution in [3.8, 4) is 39.1 Å². The number of rotatable bonds is 7. The molecule has 1 heterocycles. The molecule has 0 aliphatic heterocycles. The van der Waals surface area contributed by atoms with Crippen LogP contribution < -0.4 is 4.90 Å². The molecule has 0 amide bonds. The number of aromatic nitrogens is 1. The normalized spacial score (nSPS) is 11.4. The molecule has 0 saturated heterocycles. The Labute approximate surface area is 338 Å². The zero-order valence-electron chi connectivity index (χ0n) is 31.8. The van der Waals surface area contributed by atoms with Crippen molar-refractivity contribution in [2.24, 2.45) is 0 Å². The summed E-state index contributed by atoms with van der Waals surface area (Å²) in [6, 6.07) is 83.8. The third-order valence-corrected chi connectivity index (χ3v) is 11.6. The molecule has 0 radical (unpaired) electrons. The van der Waals surface area contributed by atoms with Crippen LogP contribution in [0, 0.1) is 0 Å². The Morgan fingerprint density at radius 1 is 0.293 bits per heavy atom. The predicted octanol–water partition coefficient (Wildman–Crippen LogP) is 15.6. The van der Waals surface area contributed by atoms with Gasteiger partial charge in [0.15, 0.2) is 0 Å². The van der Waals surface area contributed by atoms with Crippen LogP contribution >= 0.6 is 0 Å². The molecule has 0 aliphatic rings. The van der Waals surface area contributed by atoms with Gasteiger partial charge in [-0.05, 0) is 92.3 Å². The van der Waals surface area contributed by atoms with Gasteiger partial charge in [0.25, 0.3) is 0 Å². The van der Waals surface area contributed by atoms with Crippen molar-refractivity contribution in [3.63, 3.8) is 0 Å². The first-order valence-electron chi connectivity index (χ1n) is 19.9. The van der Waals surface area contributed by atoms with Gasteiger partial charge in [0.1, 0.15) is 0 Å². The van der Waals surface area contributed by atoms with Gasteiger partial charge >= 0.3 is 0 Å². The van der Waals surface area contributed by atoms with Gasteiger partial charge in [0.2, 0.25) is 0 Å². The number of benzene rings is 10. The molecule has 0 fully saturated rings. The Morgan fingerprint density at radius 2 is 0.828 bits per heavy atom. The first-order valence-corrected chi connectivity index (χ1v) is 19.9. The first kappa shape index (κ1) is 33.6. The summed E-state index contributed by atoms with van der Waals surface area (Å²) in [4.78, 5) is 2.47. The van der Waals surface area contributed by atoms with E-state index in [1.165, 1.54) is 71.2 Å². The fourth-order valence-corrected chi connectivity index (χ4v) is 8.92. The van der Waals surface area contributed by atoms with E-state index in [4.69, 9.17) is 0 Å². The van der Waals surface area contributed by atoms with Crippen LogP contribution in [0.15, 0.2) is 231 Å². The average molecular weight is 739 g/mol. The van der Waals surface area contributed by atoms with E-state index in [1.807, 2.05) is 0 Å². The Hall–Kier alpha value is -7.68. The summed E-state index contributed by atoms with van der Waals surface area (Å²) in [5.74, 6) is 0. The highest BCUT2D eigenvalue weighted by Gasteiger charge is 2.23. The van der Waals surface area contributed by atoms with Crippen molar-refractivity contribution in [2.45, 2.75) is 0 Å². The lowest BCUT2D eigenvalue weighted by Crippen LogP contribution is -2.12. The minimum absolute atomic E-state index is 1.08. The average Bonchev–Trinajstić information content (AvgIpc) is 3.63. The number of fused-ring (bicyclic) bond motifs is 6. The zero-order valence-corrected chi connectivity index (χ0v) is 31.8. The predicted molar refractivity (Wildman–Crippen MR) is 247 cm³/mol. The molecule has 0 spiro atoms. The SMILES string of the molecule is c1ccc(-c2ccc(-n3c4ccccc4c4ccc(N(c5ccccc5-c5ccccc5)c5ccccc5-c5cc6ccccc6c6ccccc56)cc43)cc2)cc1. The van der Waals surface area contributed by atoms with E-state index in [0.717, 1.165) is 28.3 Å². The highest BCUT2D eigenvalue weighted by atomic mass is 15.1. The maximum atomic E-state index is 2.47. The molecule has 1 aromatic heterocycles. The van der Waals surface area contributed by atoms with Crippen molar-refractivity contribution in [1.82, 2.24) is 4.57 Å². The van der Waals surface area contributed by atoms with Crippen LogP contribution in [0.5, 0.6) is 0 Å². The fraction of sp³-hybridized carbons (Fsp3) is 0. The van der Waals surface area contributed by atoms with E-state index < -0.39 is 0 Å². The molecule has 0 unspecified atom stereocenters. The first-order chi connectivity index (χ1) is 28.8. The molecule has 58 heavy (non-hydrogen) atoms. The summed E-state index contributed by atoms with van der Waals surface area (Å²) in [7, 11) is 0. The standard InChI is InChI=1S/C56H38N2/c1-3-17-39(18-4-1)40-31-33-43(34-32-40)57-54-29-15-12-26-49(54)51-36-35-44(38-56(51)57)58(53-28-14-11-23-46(53)41-19-5-2-6-20-41)55-30-16-13-27-50(55)52-37-42-21-7-8-22-45(42)47-24-9-10-25-48(47)52/h1-38H. The van der Waals surface area contributed by atoms with E-state index in [0.29, 0.717) is 0 Å². The third-order valence-electron chi connectivity index (χ3n) is 11.6. The van der Waals surface area contributed by atoms with Crippen molar-refractivity contribution in [1.29, 1.82) is 0 Å². The summed E-state index contributed by atoms with van der Waals surface area (Å²) in [5, 5.41) is 7.43. The molecule has 0 N–H and O–H groups in total. The Morgan fingerprint density at radius 3 is 1.59 bits per heavy atom. The van der Waals surface area contributed by atoms with E-state index in [1.54, 1.807) is 0 Å². The van der Waals surface area contributed by atoms with Gasteiger partial charge in [-0.15, -0.1) is 0 Å². The number of hydrogen-bond donors (Lipinski definition) is 0. The summed E-state index contributed by atoms with van der Waals surface area (Å²) in [5.41, 5.74) is 13.9. The molecule has 0 saturated carbocycles. The molecule has 272 valence electrons. The van der Waals surface area contributed by atoms with E-state index in [9.17, 15) is 0 Å². The third kappa shape index (κ3) is 5.66. The molecule has 0 aliphatic carbocycles. The molecule has 10 aromatic carbocycles. The van der Waals surface area contributed by atoms with Gasteiger partial charge in [-0.1, -0.05) is 182 Å². The van der Waals surface area contributed by atoms with Crippen LogP contribution in [-0.4, -0.2) is 4.57 Å². The monoisotopic (exact) mass is 738 g/mol. The maximum Gasteiger partial charge on any atom is 0.0561 e. The molecule has 0 atom stereocenters. The molecular weight excluding hydrogens is 701 g/mol. The Kier molecular flexibility index (Phi) is 8.19. The van der Waals surface area contributed by atoms with E-state index in [-0.39, 0.29) is 0 Å². The molecule has 0 bridgehead atoms. The van der Waals surface area contributed by atoms with Crippen LogP contribution in [0.1, 0.15) is 0 Å². The summed E-state index contributed by atoms with van der Waals surface area (Å²) < 4.78 is 2.42. The summed E-state index contributed by atoms with van der Waals surface area (Å²) >= 11 is 0. The van der Waals surface area contributed by atoms with Gasteiger partial charge in [0, 0.05) is 33.3 Å². The topological polar surface area (TPSA) is 8.17 Å². The van der Waals surface area contributed by atoms with Gasteiger partial charge in [0.05, 0.1) is 22.4 Å². The smallest absolute Gasteiger partial charge is 0.0561 e. The molecule has 11 rings (SSSR count). The highest BCUT2D eigenvalue weighted by Crippen LogP contribution is 2.48. The quantitative estimate of drug-likeness (QED) is 0.148.